The van der Waals surface area contributed by atoms with Crippen LogP contribution < -0.4 is 10.5 Å². The number of hydrogen-bond acceptors (Lipinski definition) is 5. The van der Waals surface area contributed by atoms with Crippen molar-refractivity contribution >= 4 is 28.5 Å². The lowest BCUT2D eigenvalue weighted by atomic mass is 10.3. The van der Waals surface area contributed by atoms with E-state index in [4.69, 9.17) is 10.5 Å². The van der Waals surface area contributed by atoms with Gasteiger partial charge in [-0.3, -0.25) is 0 Å². The highest BCUT2D eigenvalue weighted by molar-refractivity contribution is 7.99. The van der Waals surface area contributed by atoms with Crippen molar-refractivity contribution in [1.82, 2.24) is 15.0 Å². The van der Waals surface area contributed by atoms with Crippen LogP contribution in [-0.4, -0.2) is 21.6 Å². The molecule has 3 N–H and O–H groups in total. The Balaban J connectivity index is 1.88. The quantitative estimate of drug-likeness (QED) is 0.772. The van der Waals surface area contributed by atoms with Gasteiger partial charge in [-0.1, -0.05) is 0 Å². The monoisotopic (exact) mass is 300 g/mol. The molecule has 5 nitrogen and oxygen atoms in total. The van der Waals surface area contributed by atoms with E-state index < -0.39 is 0 Å². The van der Waals surface area contributed by atoms with Crippen LogP contribution >= 0.6 is 11.8 Å². The molecule has 0 saturated heterocycles. The van der Waals surface area contributed by atoms with Gasteiger partial charge in [-0.05, 0) is 49.4 Å². The first-order valence-electron chi connectivity index (χ1n) is 6.68. The van der Waals surface area contributed by atoms with Crippen molar-refractivity contribution in [3.8, 4) is 5.75 Å². The first kappa shape index (κ1) is 13.8. The third-order valence-electron chi connectivity index (χ3n) is 3.06. The van der Waals surface area contributed by atoms with Gasteiger partial charge >= 0.3 is 0 Å². The van der Waals surface area contributed by atoms with Gasteiger partial charge < -0.3 is 15.5 Å². The van der Waals surface area contributed by atoms with Crippen LogP contribution in [0, 0.1) is 6.92 Å². The smallest absolute Gasteiger partial charge is 0.172 e. The van der Waals surface area contributed by atoms with Gasteiger partial charge in [-0.25, -0.2) is 9.97 Å². The van der Waals surface area contributed by atoms with E-state index in [0.717, 1.165) is 38.2 Å². The number of fused-ring (bicyclic) bond motifs is 1. The molecule has 6 heteroatoms. The van der Waals surface area contributed by atoms with Crippen LogP contribution in [0.25, 0.3) is 11.0 Å². The van der Waals surface area contributed by atoms with Crippen LogP contribution in [-0.2, 0) is 0 Å². The molecule has 3 aromatic rings. The van der Waals surface area contributed by atoms with Crippen molar-refractivity contribution in [3.63, 3.8) is 0 Å². The normalized spacial score (nSPS) is 11.0. The topological polar surface area (TPSA) is 76.8 Å². The minimum Gasteiger partial charge on any atom is -0.494 e. The summed E-state index contributed by atoms with van der Waals surface area (Å²) in [4.78, 5) is 12.2. The Bertz CT molecular complexity index is 784. The maximum atomic E-state index is 5.90. The summed E-state index contributed by atoms with van der Waals surface area (Å²) >= 11 is 1.46. The molecule has 0 aliphatic carbocycles. The molecule has 0 amide bonds. The van der Waals surface area contributed by atoms with Crippen LogP contribution in [0.4, 0.5) is 5.69 Å². The van der Waals surface area contributed by atoms with Gasteiger partial charge in [0, 0.05) is 18.0 Å². The molecule has 3 rings (SSSR count). The molecule has 0 unspecified atom stereocenters. The second-order valence-electron chi connectivity index (χ2n) is 4.64. The van der Waals surface area contributed by atoms with Crippen molar-refractivity contribution in [2.75, 3.05) is 12.3 Å². The van der Waals surface area contributed by atoms with E-state index in [0.29, 0.717) is 6.61 Å². The SMILES string of the molecule is CCOc1ccc2nc(Sc3cc(N)c(C)cn3)[nH]c2c1. The fraction of sp³-hybridized carbons (Fsp3) is 0.200. The van der Waals surface area contributed by atoms with Gasteiger partial charge in [0.1, 0.15) is 10.8 Å². The summed E-state index contributed by atoms with van der Waals surface area (Å²) < 4.78 is 5.49. The van der Waals surface area contributed by atoms with Crippen molar-refractivity contribution in [2.45, 2.75) is 24.0 Å². The number of anilines is 1. The Morgan fingerprint density at radius 2 is 2.19 bits per heavy atom. The van der Waals surface area contributed by atoms with Gasteiger partial charge in [0.25, 0.3) is 0 Å². The number of H-pyrrole nitrogens is 1. The van der Waals surface area contributed by atoms with Crippen molar-refractivity contribution in [3.05, 3.63) is 36.0 Å². The van der Waals surface area contributed by atoms with Crippen molar-refractivity contribution < 1.29 is 4.74 Å². The average molecular weight is 300 g/mol. The standard InChI is InChI=1S/C15H16N4OS/c1-3-20-10-4-5-12-13(6-10)19-15(18-12)21-14-7-11(16)9(2)8-17-14/h4-8H,3H2,1-2H3,(H2,16,17)(H,18,19). The van der Waals surface area contributed by atoms with Crippen LogP contribution in [0.3, 0.4) is 0 Å². The number of pyridine rings is 1. The molecular weight excluding hydrogens is 284 g/mol. The molecule has 0 aliphatic rings. The summed E-state index contributed by atoms with van der Waals surface area (Å²) in [6.07, 6.45) is 1.77. The number of aryl methyl sites for hydroxylation is 1. The fourth-order valence-electron chi connectivity index (χ4n) is 1.94. The first-order valence-corrected chi connectivity index (χ1v) is 7.50. The molecule has 0 spiro atoms. The highest BCUT2D eigenvalue weighted by Crippen LogP contribution is 2.28. The Morgan fingerprint density at radius 1 is 1.33 bits per heavy atom. The van der Waals surface area contributed by atoms with Crippen LogP contribution in [0.2, 0.25) is 0 Å². The molecule has 1 aromatic carbocycles. The Labute approximate surface area is 126 Å². The largest absolute Gasteiger partial charge is 0.494 e. The third-order valence-corrected chi connectivity index (χ3v) is 3.88. The Hall–Kier alpha value is -2.21. The van der Waals surface area contributed by atoms with E-state index in [1.807, 2.05) is 38.1 Å². The highest BCUT2D eigenvalue weighted by Gasteiger charge is 2.07. The summed E-state index contributed by atoms with van der Waals surface area (Å²) in [6, 6.07) is 7.67. The number of benzene rings is 1. The summed E-state index contributed by atoms with van der Waals surface area (Å²) in [5.41, 5.74) is 9.47. The predicted molar refractivity (Wildman–Crippen MR) is 84.8 cm³/mol. The van der Waals surface area contributed by atoms with Gasteiger partial charge in [-0.2, -0.15) is 0 Å². The molecular formula is C15H16N4OS. The number of hydrogen-bond donors (Lipinski definition) is 2. The number of ether oxygens (including phenoxy) is 1. The predicted octanol–water partition coefficient (Wildman–Crippen LogP) is 3.40. The number of nitrogens with zero attached hydrogens (tertiary/aromatic N) is 2. The number of nitrogen functional groups attached to an aromatic ring is 1. The molecule has 0 radical (unpaired) electrons. The summed E-state index contributed by atoms with van der Waals surface area (Å²) in [7, 11) is 0. The average Bonchev–Trinajstić information content (AvgIpc) is 2.85. The summed E-state index contributed by atoms with van der Waals surface area (Å²) in [5.74, 6) is 0.836. The van der Waals surface area contributed by atoms with E-state index in [1.165, 1.54) is 11.8 Å². The van der Waals surface area contributed by atoms with Gasteiger partial charge in [-0.15, -0.1) is 0 Å². The van der Waals surface area contributed by atoms with E-state index in [9.17, 15) is 0 Å². The highest BCUT2D eigenvalue weighted by atomic mass is 32.2. The lowest BCUT2D eigenvalue weighted by Gasteiger charge is -2.01. The van der Waals surface area contributed by atoms with E-state index in [1.54, 1.807) is 6.20 Å². The van der Waals surface area contributed by atoms with Crippen molar-refractivity contribution in [1.29, 1.82) is 0 Å². The number of nitrogens with two attached hydrogens (primary N) is 1. The van der Waals surface area contributed by atoms with Crippen LogP contribution in [0.15, 0.2) is 40.6 Å². The molecule has 2 heterocycles. The second-order valence-corrected chi connectivity index (χ2v) is 5.64. The zero-order valence-corrected chi connectivity index (χ0v) is 12.7. The van der Waals surface area contributed by atoms with Crippen molar-refractivity contribution in [2.24, 2.45) is 0 Å². The van der Waals surface area contributed by atoms with E-state index >= 15 is 0 Å². The number of aromatic amines is 1. The number of nitrogens with one attached hydrogen (secondary N) is 1. The molecule has 108 valence electrons. The number of aromatic nitrogens is 3. The van der Waals surface area contributed by atoms with E-state index in [-0.39, 0.29) is 0 Å². The summed E-state index contributed by atoms with van der Waals surface area (Å²) in [6.45, 7) is 4.55. The zero-order valence-electron chi connectivity index (χ0n) is 11.9. The lowest BCUT2D eigenvalue weighted by molar-refractivity contribution is 0.340. The first-order chi connectivity index (χ1) is 10.2. The Kier molecular flexibility index (Phi) is 3.70. The zero-order chi connectivity index (χ0) is 14.8. The third kappa shape index (κ3) is 2.95. The molecule has 0 atom stereocenters. The molecule has 0 saturated carbocycles. The molecule has 21 heavy (non-hydrogen) atoms. The number of imidazole rings is 1. The lowest BCUT2D eigenvalue weighted by Crippen LogP contribution is -1.92. The minimum atomic E-state index is 0.647. The van der Waals surface area contributed by atoms with Gasteiger partial charge in [0.05, 0.1) is 17.6 Å². The fourth-order valence-corrected chi connectivity index (χ4v) is 2.74. The van der Waals surface area contributed by atoms with Gasteiger partial charge in [0.15, 0.2) is 5.16 Å². The van der Waals surface area contributed by atoms with Crippen LogP contribution in [0.5, 0.6) is 5.75 Å². The molecule has 0 bridgehead atoms. The molecule has 2 aromatic heterocycles. The maximum Gasteiger partial charge on any atom is 0.172 e. The van der Waals surface area contributed by atoms with Gasteiger partial charge in [0.2, 0.25) is 0 Å². The Morgan fingerprint density at radius 3 is 2.95 bits per heavy atom. The maximum absolute atomic E-state index is 5.90. The van der Waals surface area contributed by atoms with Crippen LogP contribution in [0.1, 0.15) is 12.5 Å². The second kappa shape index (κ2) is 5.65. The molecule has 0 fully saturated rings. The molecule has 0 aliphatic heterocycles. The van der Waals surface area contributed by atoms with E-state index in [2.05, 4.69) is 15.0 Å². The minimum absolute atomic E-state index is 0.647. The summed E-state index contributed by atoms with van der Waals surface area (Å²) in [5, 5.41) is 1.61. The number of rotatable bonds is 4.